The Hall–Kier alpha value is -0.430. The number of hydrogen-bond donors (Lipinski definition) is 1. The summed E-state index contributed by atoms with van der Waals surface area (Å²) >= 11 is 2.21. The molecule has 1 heterocycles. The van der Waals surface area contributed by atoms with Gasteiger partial charge in [-0.2, -0.15) is 0 Å². The molecule has 1 aromatic heterocycles. The number of aromatic nitrogens is 2. The molecule has 0 saturated heterocycles. The van der Waals surface area contributed by atoms with Crippen molar-refractivity contribution in [3.63, 3.8) is 0 Å². The van der Waals surface area contributed by atoms with Crippen LogP contribution >= 0.6 is 22.6 Å². The monoisotopic (exact) mass is 332 g/mol. The lowest BCUT2D eigenvalue weighted by molar-refractivity contribution is 0.289. The third kappa shape index (κ3) is 3.55. The maximum absolute atomic E-state index is 4.21. The molecule has 0 spiro atoms. The first kappa shape index (κ1) is 12.0. The van der Waals surface area contributed by atoms with Gasteiger partial charge in [-0.3, -0.25) is 4.90 Å². The molecule has 0 aliphatic heterocycles. The van der Waals surface area contributed by atoms with E-state index in [2.05, 4.69) is 49.7 Å². The Morgan fingerprint density at radius 2 is 2.12 bits per heavy atom. The van der Waals surface area contributed by atoms with Crippen molar-refractivity contribution in [3.05, 3.63) is 16.0 Å². The van der Waals surface area contributed by atoms with E-state index in [0.717, 1.165) is 35.2 Å². The van der Waals surface area contributed by atoms with Crippen LogP contribution < -0.4 is 5.32 Å². The Bertz CT molecular complexity index is 323. The Labute approximate surface area is 110 Å². The number of hydrogen-bond acceptors (Lipinski definition) is 4. The quantitative estimate of drug-likeness (QED) is 0.809. The molecule has 0 atom stereocenters. The zero-order chi connectivity index (χ0) is 11.4. The van der Waals surface area contributed by atoms with Gasteiger partial charge < -0.3 is 5.32 Å². The molecule has 88 valence electrons. The first-order valence-corrected chi connectivity index (χ1v) is 6.83. The van der Waals surface area contributed by atoms with Gasteiger partial charge in [0.25, 0.3) is 0 Å². The van der Waals surface area contributed by atoms with Crippen molar-refractivity contribution in [2.24, 2.45) is 0 Å². The van der Waals surface area contributed by atoms with Gasteiger partial charge in [0.05, 0.1) is 0 Å². The number of nitrogens with zero attached hydrogens (tertiary/aromatic N) is 3. The van der Waals surface area contributed by atoms with E-state index >= 15 is 0 Å². The maximum Gasteiger partial charge on any atom is 0.222 e. The third-order valence-corrected chi connectivity index (χ3v) is 3.33. The third-order valence-electron chi connectivity index (χ3n) is 2.77. The number of likely N-dealkylation sites (N-methyl/N-ethyl adjacent to an activating group) is 1. The Kier molecular flexibility index (Phi) is 4.34. The van der Waals surface area contributed by atoms with E-state index < -0.39 is 0 Å². The van der Waals surface area contributed by atoms with Crippen LogP contribution in [0.1, 0.15) is 19.8 Å². The van der Waals surface area contributed by atoms with Crippen molar-refractivity contribution in [2.75, 3.05) is 25.0 Å². The number of halogens is 1. The SMILES string of the molecule is CCN(CCNc1ncc(I)cn1)C1CC1. The molecule has 5 heteroatoms. The van der Waals surface area contributed by atoms with E-state index in [0.29, 0.717) is 0 Å². The van der Waals surface area contributed by atoms with Gasteiger partial charge in [0.1, 0.15) is 0 Å². The van der Waals surface area contributed by atoms with Gasteiger partial charge in [-0.15, -0.1) is 0 Å². The second-order valence-electron chi connectivity index (χ2n) is 4.01. The molecule has 4 nitrogen and oxygen atoms in total. The molecule has 0 radical (unpaired) electrons. The topological polar surface area (TPSA) is 41.0 Å². The van der Waals surface area contributed by atoms with Gasteiger partial charge in [-0.25, -0.2) is 9.97 Å². The highest BCUT2D eigenvalue weighted by Gasteiger charge is 2.27. The van der Waals surface area contributed by atoms with Gasteiger partial charge >= 0.3 is 0 Å². The Morgan fingerprint density at radius 3 is 2.69 bits per heavy atom. The summed E-state index contributed by atoms with van der Waals surface area (Å²) in [5, 5.41) is 3.25. The van der Waals surface area contributed by atoms with Crippen molar-refractivity contribution in [2.45, 2.75) is 25.8 Å². The molecular formula is C11H17IN4. The molecular weight excluding hydrogens is 315 g/mol. The largest absolute Gasteiger partial charge is 0.353 e. The number of rotatable bonds is 6. The number of nitrogens with one attached hydrogen (secondary N) is 1. The van der Waals surface area contributed by atoms with Gasteiger partial charge in [-0.1, -0.05) is 6.92 Å². The van der Waals surface area contributed by atoms with E-state index in [-0.39, 0.29) is 0 Å². The molecule has 0 bridgehead atoms. The molecule has 0 aromatic carbocycles. The summed E-state index contributed by atoms with van der Waals surface area (Å²) in [5.41, 5.74) is 0. The summed E-state index contributed by atoms with van der Waals surface area (Å²) < 4.78 is 1.07. The van der Waals surface area contributed by atoms with Gasteiger partial charge in [0.2, 0.25) is 5.95 Å². The highest BCUT2D eigenvalue weighted by atomic mass is 127. The zero-order valence-electron chi connectivity index (χ0n) is 9.49. The van der Waals surface area contributed by atoms with Gasteiger partial charge in [-0.05, 0) is 42.0 Å². The average Bonchev–Trinajstić information content (AvgIpc) is 3.11. The summed E-state index contributed by atoms with van der Waals surface area (Å²) in [5.74, 6) is 0.729. The maximum atomic E-state index is 4.21. The normalized spacial score (nSPS) is 15.4. The molecule has 16 heavy (non-hydrogen) atoms. The fourth-order valence-electron chi connectivity index (χ4n) is 1.75. The smallest absolute Gasteiger partial charge is 0.222 e. The average molecular weight is 332 g/mol. The van der Waals surface area contributed by atoms with Crippen LogP contribution in [-0.2, 0) is 0 Å². The van der Waals surface area contributed by atoms with Crippen LogP contribution in [0.25, 0.3) is 0 Å². The van der Waals surface area contributed by atoms with Crippen LogP contribution in [0, 0.1) is 3.57 Å². The van der Waals surface area contributed by atoms with Gasteiger partial charge in [0, 0.05) is 35.1 Å². The Morgan fingerprint density at radius 1 is 1.44 bits per heavy atom. The fourth-order valence-corrected chi connectivity index (χ4v) is 2.03. The summed E-state index contributed by atoms with van der Waals surface area (Å²) in [6.07, 6.45) is 6.39. The first-order chi connectivity index (χ1) is 7.79. The molecule has 1 N–H and O–H groups in total. The molecule has 2 rings (SSSR count). The lowest BCUT2D eigenvalue weighted by Crippen LogP contribution is -2.31. The molecule has 1 aliphatic rings. The van der Waals surface area contributed by atoms with Crippen LogP contribution in [0.5, 0.6) is 0 Å². The van der Waals surface area contributed by atoms with Crippen molar-refractivity contribution in [1.29, 1.82) is 0 Å². The van der Waals surface area contributed by atoms with Crippen LogP contribution in [-0.4, -0.2) is 40.5 Å². The zero-order valence-corrected chi connectivity index (χ0v) is 11.6. The van der Waals surface area contributed by atoms with E-state index in [4.69, 9.17) is 0 Å². The summed E-state index contributed by atoms with van der Waals surface area (Å²) in [6.45, 7) is 5.36. The summed E-state index contributed by atoms with van der Waals surface area (Å²) in [4.78, 5) is 10.9. The minimum atomic E-state index is 0.729. The van der Waals surface area contributed by atoms with Crippen LogP contribution in [0.3, 0.4) is 0 Å². The van der Waals surface area contributed by atoms with Gasteiger partial charge in [0.15, 0.2) is 0 Å². The van der Waals surface area contributed by atoms with E-state index in [1.807, 2.05) is 12.4 Å². The molecule has 1 saturated carbocycles. The predicted octanol–water partition coefficient (Wildman–Crippen LogP) is 1.98. The minimum Gasteiger partial charge on any atom is -0.353 e. The fraction of sp³-hybridized carbons (Fsp3) is 0.636. The van der Waals surface area contributed by atoms with Crippen molar-refractivity contribution in [3.8, 4) is 0 Å². The second kappa shape index (κ2) is 5.77. The lowest BCUT2D eigenvalue weighted by atomic mass is 10.4. The highest BCUT2D eigenvalue weighted by Crippen LogP contribution is 2.25. The summed E-state index contributed by atoms with van der Waals surface area (Å²) in [7, 11) is 0. The molecule has 0 unspecified atom stereocenters. The van der Waals surface area contributed by atoms with Crippen molar-refractivity contribution in [1.82, 2.24) is 14.9 Å². The molecule has 1 fully saturated rings. The molecule has 1 aliphatic carbocycles. The van der Waals surface area contributed by atoms with Crippen LogP contribution in [0.15, 0.2) is 12.4 Å². The predicted molar refractivity (Wildman–Crippen MR) is 73.5 cm³/mol. The molecule has 0 amide bonds. The first-order valence-electron chi connectivity index (χ1n) is 5.75. The van der Waals surface area contributed by atoms with E-state index in [1.54, 1.807) is 0 Å². The standard InChI is InChI=1S/C11H17IN4/c1-2-16(10-3-4-10)6-5-13-11-14-7-9(12)8-15-11/h7-8,10H,2-6H2,1H3,(H,13,14,15). The van der Waals surface area contributed by atoms with Crippen molar-refractivity contribution >= 4 is 28.5 Å². The van der Waals surface area contributed by atoms with Crippen molar-refractivity contribution < 1.29 is 0 Å². The molecule has 1 aromatic rings. The second-order valence-corrected chi connectivity index (χ2v) is 5.26. The van der Waals surface area contributed by atoms with E-state index in [1.165, 1.54) is 12.8 Å². The minimum absolute atomic E-state index is 0.729. The Balaban J connectivity index is 1.72. The summed E-state index contributed by atoms with van der Waals surface area (Å²) in [6, 6.07) is 0.837. The van der Waals surface area contributed by atoms with E-state index in [9.17, 15) is 0 Å². The number of anilines is 1. The highest BCUT2D eigenvalue weighted by molar-refractivity contribution is 14.1. The van der Waals surface area contributed by atoms with Crippen LogP contribution in [0.2, 0.25) is 0 Å². The lowest BCUT2D eigenvalue weighted by Gasteiger charge is -2.19. The van der Waals surface area contributed by atoms with Crippen LogP contribution in [0.4, 0.5) is 5.95 Å².